The third-order valence-electron chi connectivity index (χ3n) is 10.7. The van der Waals surface area contributed by atoms with E-state index in [1.54, 1.807) is 6.20 Å². The van der Waals surface area contributed by atoms with E-state index in [-0.39, 0.29) is 0 Å². The predicted molar refractivity (Wildman–Crippen MR) is 228 cm³/mol. The van der Waals surface area contributed by atoms with Gasteiger partial charge >= 0.3 is 0 Å². The molecule has 0 unspecified atom stereocenters. The van der Waals surface area contributed by atoms with Gasteiger partial charge in [0.15, 0.2) is 0 Å². The first kappa shape index (κ1) is 31.8. The number of aromatic nitrogens is 6. The highest BCUT2D eigenvalue weighted by Gasteiger charge is 2.17. The van der Waals surface area contributed by atoms with E-state index in [0.29, 0.717) is 0 Å². The van der Waals surface area contributed by atoms with E-state index < -0.39 is 0 Å². The fraction of sp³-hybridized carbons (Fsp3) is 0. The molecule has 0 aliphatic rings. The standard InChI is InChI=1S/C50H32N6/c1-2-11-37(12-3-1)55-47-17-5-4-13-39(47)40-24-20-35(32-49(40)55)34-21-25-48-42(29-34)41-14-10-28-53-50(41)56(48)38-22-18-33(19-23-38)45-30-36(43-15-6-8-26-51-43)31-46(54-45)44-16-7-9-27-52-44/h1-32H. The van der Waals surface area contributed by atoms with Crippen molar-refractivity contribution in [3.8, 4) is 56.4 Å². The van der Waals surface area contributed by atoms with Crippen molar-refractivity contribution in [1.82, 2.24) is 29.1 Å². The monoisotopic (exact) mass is 716 g/mol. The molecule has 0 saturated heterocycles. The Kier molecular flexibility index (Phi) is 7.38. The summed E-state index contributed by atoms with van der Waals surface area (Å²) < 4.78 is 4.63. The first-order chi connectivity index (χ1) is 27.8. The minimum absolute atomic E-state index is 0.802. The third-order valence-corrected chi connectivity index (χ3v) is 10.7. The Hall–Kier alpha value is -7.70. The average molecular weight is 717 g/mol. The summed E-state index contributed by atoms with van der Waals surface area (Å²) in [5.74, 6) is 0. The molecule has 6 heterocycles. The van der Waals surface area contributed by atoms with Crippen LogP contribution in [0.2, 0.25) is 0 Å². The smallest absolute Gasteiger partial charge is 0.145 e. The maximum absolute atomic E-state index is 5.07. The SMILES string of the molecule is c1ccc(-n2c3ccccc3c3ccc(-c4ccc5c(c4)c4cccnc4n5-c4ccc(-c5cc(-c6ccccn6)cc(-c6ccccn6)n5)cc4)cc32)cc1. The van der Waals surface area contributed by atoms with Gasteiger partial charge in [0.05, 0.1) is 39.3 Å². The molecule has 0 atom stereocenters. The molecule has 6 nitrogen and oxygen atoms in total. The highest BCUT2D eigenvalue weighted by molar-refractivity contribution is 6.12. The van der Waals surface area contributed by atoms with E-state index in [1.165, 1.54) is 27.4 Å². The Morgan fingerprint density at radius 2 is 0.929 bits per heavy atom. The second-order valence-corrected chi connectivity index (χ2v) is 14.0. The van der Waals surface area contributed by atoms with E-state index >= 15 is 0 Å². The quantitative estimate of drug-likeness (QED) is 0.172. The summed E-state index contributed by atoms with van der Waals surface area (Å²) in [7, 11) is 0. The molecule has 11 rings (SSSR count). The second kappa shape index (κ2) is 13.0. The van der Waals surface area contributed by atoms with E-state index in [9.17, 15) is 0 Å². The molecular weight excluding hydrogens is 685 g/mol. The Labute approximate surface area is 322 Å². The van der Waals surface area contributed by atoms with Crippen LogP contribution in [0.1, 0.15) is 0 Å². The summed E-state index contributed by atoms with van der Waals surface area (Å²) in [6.45, 7) is 0. The van der Waals surface area contributed by atoms with Crippen LogP contribution in [-0.4, -0.2) is 29.1 Å². The first-order valence-electron chi connectivity index (χ1n) is 18.7. The summed E-state index contributed by atoms with van der Waals surface area (Å²) in [6.07, 6.45) is 5.49. The van der Waals surface area contributed by atoms with Gasteiger partial charge in [-0.3, -0.25) is 14.5 Å². The van der Waals surface area contributed by atoms with Gasteiger partial charge in [0.1, 0.15) is 5.65 Å². The molecule has 0 spiro atoms. The number of hydrogen-bond acceptors (Lipinski definition) is 4. The minimum atomic E-state index is 0.802. The van der Waals surface area contributed by atoms with E-state index in [0.717, 1.165) is 72.8 Å². The maximum Gasteiger partial charge on any atom is 0.145 e. The Morgan fingerprint density at radius 1 is 0.304 bits per heavy atom. The lowest BCUT2D eigenvalue weighted by atomic mass is 10.0. The van der Waals surface area contributed by atoms with Crippen LogP contribution < -0.4 is 0 Å². The van der Waals surface area contributed by atoms with Crippen LogP contribution in [0.4, 0.5) is 0 Å². The molecule has 11 aromatic rings. The van der Waals surface area contributed by atoms with Crippen LogP contribution in [-0.2, 0) is 0 Å². The number of nitrogens with zero attached hydrogens (tertiary/aromatic N) is 6. The van der Waals surface area contributed by atoms with Crippen molar-refractivity contribution < 1.29 is 0 Å². The van der Waals surface area contributed by atoms with Crippen molar-refractivity contribution >= 4 is 43.7 Å². The topological polar surface area (TPSA) is 61.4 Å². The number of para-hydroxylation sites is 2. The summed E-state index contributed by atoms with van der Waals surface area (Å²) in [6, 6.07) is 61.7. The largest absolute Gasteiger partial charge is 0.309 e. The van der Waals surface area contributed by atoms with Crippen LogP contribution in [0.15, 0.2) is 195 Å². The van der Waals surface area contributed by atoms with Crippen LogP contribution >= 0.6 is 0 Å². The van der Waals surface area contributed by atoms with Gasteiger partial charge in [-0.25, -0.2) is 9.97 Å². The molecular formula is C50H32N6. The van der Waals surface area contributed by atoms with E-state index in [1.807, 2.05) is 54.9 Å². The number of fused-ring (bicyclic) bond motifs is 6. The second-order valence-electron chi connectivity index (χ2n) is 14.0. The van der Waals surface area contributed by atoms with Crippen LogP contribution in [0.25, 0.3) is 100 Å². The molecule has 0 aliphatic carbocycles. The van der Waals surface area contributed by atoms with E-state index in [2.05, 4.69) is 153 Å². The van der Waals surface area contributed by atoms with Crippen LogP contribution in [0.5, 0.6) is 0 Å². The number of hydrogen-bond donors (Lipinski definition) is 0. The molecule has 262 valence electrons. The Bertz CT molecular complexity index is 3160. The molecule has 0 saturated carbocycles. The van der Waals surface area contributed by atoms with Crippen molar-refractivity contribution in [3.63, 3.8) is 0 Å². The highest BCUT2D eigenvalue weighted by Crippen LogP contribution is 2.38. The van der Waals surface area contributed by atoms with E-state index in [4.69, 9.17) is 9.97 Å². The van der Waals surface area contributed by atoms with Gasteiger partial charge < -0.3 is 4.57 Å². The lowest BCUT2D eigenvalue weighted by molar-refractivity contribution is 1.13. The van der Waals surface area contributed by atoms with Gasteiger partial charge in [-0.2, -0.15) is 0 Å². The third kappa shape index (κ3) is 5.27. The normalized spacial score (nSPS) is 11.6. The predicted octanol–water partition coefficient (Wildman–Crippen LogP) is 12.1. The lowest BCUT2D eigenvalue weighted by Gasteiger charge is -2.11. The van der Waals surface area contributed by atoms with Gasteiger partial charge in [-0.15, -0.1) is 0 Å². The summed E-state index contributed by atoms with van der Waals surface area (Å²) >= 11 is 0. The van der Waals surface area contributed by atoms with Crippen molar-refractivity contribution in [3.05, 3.63) is 195 Å². The zero-order valence-corrected chi connectivity index (χ0v) is 30.2. The number of rotatable bonds is 6. The molecule has 0 bridgehead atoms. The van der Waals surface area contributed by atoms with Gasteiger partial charge in [-0.05, 0) is 108 Å². The average Bonchev–Trinajstić information content (AvgIpc) is 3.79. The Balaban J connectivity index is 1.02. The first-order valence-corrected chi connectivity index (χ1v) is 18.7. The van der Waals surface area contributed by atoms with Crippen molar-refractivity contribution in [1.29, 1.82) is 0 Å². The highest BCUT2D eigenvalue weighted by atomic mass is 15.0. The molecule has 0 aliphatic heterocycles. The summed E-state index contributed by atoms with van der Waals surface area (Å²) in [5, 5.41) is 4.75. The minimum Gasteiger partial charge on any atom is -0.309 e. The van der Waals surface area contributed by atoms with Crippen molar-refractivity contribution in [2.45, 2.75) is 0 Å². The summed E-state index contributed by atoms with van der Waals surface area (Å²) in [4.78, 5) is 19.2. The zero-order valence-electron chi connectivity index (χ0n) is 30.2. The molecule has 0 amide bonds. The number of pyridine rings is 4. The van der Waals surface area contributed by atoms with Gasteiger partial charge in [0.2, 0.25) is 0 Å². The molecule has 0 radical (unpaired) electrons. The van der Waals surface area contributed by atoms with Gasteiger partial charge in [-0.1, -0.05) is 78.9 Å². The van der Waals surface area contributed by atoms with Crippen molar-refractivity contribution in [2.24, 2.45) is 0 Å². The molecule has 5 aromatic carbocycles. The fourth-order valence-electron chi connectivity index (χ4n) is 8.08. The molecule has 0 fully saturated rings. The summed E-state index contributed by atoms with van der Waals surface area (Å²) in [5.41, 5.74) is 14.3. The van der Waals surface area contributed by atoms with Gasteiger partial charge in [0, 0.05) is 62.6 Å². The van der Waals surface area contributed by atoms with Crippen LogP contribution in [0, 0.1) is 0 Å². The zero-order chi connectivity index (χ0) is 37.0. The van der Waals surface area contributed by atoms with Gasteiger partial charge in [0.25, 0.3) is 0 Å². The molecule has 56 heavy (non-hydrogen) atoms. The molecule has 6 aromatic heterocycles. The lowest BCUT2D eigenvalue weighted by Crippen LogP contribution is -1.96. The maximum atomic E-state index is 5.07. The fourth-order valence-corrected chi connectivity index (χ4v) is 8.08. The number of benzene rings is 5. The molecule has 0 N–H and O–H groups in total. The van der Waals surface area contributed by atoms with Crippen molar-refractivity contribution in [2.75, 3.05) is 0 Å². The van der Waals surface area contributed by atoms with Crippen LogP contribution in [0.3, 0.4) is 0 Å². The Morgan fingerprint density at radius 3 is 1.75 bits per heavy atom. The molecule has 6 heteroatoms.